The number of alkyl halides is 1. The van der Waals surface area contributed by atoms with Crippen molar-refractivity contribution in [2.45, 2.75) is 173 Å². The van der Waals surface area contributed by atoms with E-state index in [9.17, 15) is 0 Å². The van der Waals surface area contributed by atoms with Gasteiger partial charge in [-0.25, -0.2) is 0 Å². The van der Waals surface area contributed by atoms with Crippen LogP contribution in [-0.2, 0) is 18.6 Å². The van der Waals surface area contributed by atoms with Crippen LogP contribution < -0.4 is 0 Å². The molecule has 8 fully saturated rings. The molecule has 44 heavy (non-hydrogen) atoms. The zero-order chi connectivity index (χ0) is 31.8. The molecule has 0 radical (unpaired) electrons. The van der Waals surface area contributed by atoms with Crippen LogP contribution in [0.5, 0.6) is 0 Å². The summed E-state index contributed by atoms with van der Waals surface area (Å²) in [5.41, 5.74) is 0.705. The molecule has 9 atom stereocenters. The van der Waals surface area contributed by atoms with Crippen LogP contribution in [0.2, 0.25) is 6.32 Å². The summed E-state index contributed by atoms with van der Waals surface area (Å²) < 4.78 is 25.4. The van der Waals surface area contributed by atoms with Gasteiger partial charge >= 0.3 is 14.2 Å². The van der Waals surface area contributed by atoms with Crippen LogP contribution in [0, 0.1) is 34.5 Å². The second kappa shape index (κ2) is 14.1. The van der Waals surface area contributed by atoms with Crippen molar-refractivity contribution in [3.8, 4) is 0 Å². The van der Waals surface area contributed by atoms with Crippen molar-refractivity contribution in [2.24, 2.45) is 34.5 Å². The number of hydrogen-bond acceptors (Lipinski definition) is 4. The quantitative estimate of drug-likeness (QED) is 0.0783. The molecule has 0 aromatic rings. The van der Waals surface area contributed by atoms with Gasteiger partial charge in [0.15, 0.2) is 0 Å². The molecule has 0 N–H and O–H groups in total. The number of unbranched alkanes of at least 4 members (excludes halogenated alkanes) is 8. The van der Waals surface area contributed by atoms with E-state index in [4.69, 9.17) is 30.2 Å². The van der Waals surface area contributed by atoms with Gasteiger partial charge in [-0.15, -0.1) is 24.8 Å². The SMILES string of the molecule is C=CCCCCCCB1OC2CC3CC(C3(C)C)C2(C)O1.C=CCCCCCC[C@H](Cl)B1OC2CC3CC(C3(C)C)C2(C)O1. The van der Waals surface area contributed by atoms with Gasteiger partial charge in [0.1, 0.15) is 0 Å². The third-order valence-electron chi connectivity index (χ3n) is 13.5. The Morgan fingerprint density at radius 2 is 1.18 bits per heavy atom. The molecule has 8 rings (SSSR count). The summed E-state index contributed by atoms with van der Waals surface area (Å²) in [6.07, 6.45) is 23.9. The second-order valence-electron chi connectivity index (χ2n) is 16.8. The molecule has 248 valence electrons. The zero-order valence-electron chi connectivity index (χ0n) is 29.1. The smallest absolute Gasteiger partial charge is 0.405 e. The molecule has 6 aliphatic carbocycles. The predicted octanol–water partition coefficient (Wildman–Crippen LogP) is 10.2. The van der Waals surface area contributed by atoms with E-state index < -0.39 is 0 Å². The van der Waals surface area contributed by atoms with Crippen LogP contribution in [0.15, 0.2) is 25.3 Å². The lowest BCUT2D eigenvalue weighted by atomic mass is 9.43. The highest BCUT2D eigenvalue weighted by Gasteiger charge is 2.69. The van der Waals surface area contributed by atoms with E-state index in [0.717, 1.165) is 50.3 Å². The lowest BCUT2D eigenvalue weighted by Gasteiger charge is -2.64. The van der Waals surface area contributed by atoms with Gasteiger partial charge in [-0.1, -0.05) is 78.4 Å². The van der Waals surface area contributed by atoms with Gasteiger partial charge in [0, 0.05) is 0 Å². The van der Waals surface area contributed by atoms with Gasteiger partial charge in [0.2, 0.25) is 0 Å². The van der Waals surface area contributed by atoms with E-state index in [0.29, 0.717) is 28.8 Å². The monoisotopic (exact) mass is 628 g/mol. The molecule has 2 heterocycles. The van der Waals surface area contributed by atoms with E-state index in [1.165, 1.54) is 64.2 Å². The van der Waals surface area contributed by atoms with E-state index in [2.05, 4.69) is 54.7 Å². The Morgan fingerprint density at radius 1 is 0.682 bits per heavy atom. The van der Waals surface area contributed by atoms with Gasteiger partial charge in [-0.3, -0.25) is 0 Å². The second-order valence-corrected chi connectivity index (χ2v) is 17.4. The van der Waals surface area contributed by atoms with Crippen molar-refractivity contribution in [3.63, 3.8) is 0 Å². The number of hydrogen-bond donors (Lipinski definition) is 0. The average Bonchev–Trinajstić information content (AvgIpc) is 3.52. The first kappa shape index (κ1) is 35.1. The van der Waals surface area contributed by atoms with Crippen LogP contribution >= 0.6 is 11.6 Å². The first-order valence-electron chi connectivity index (χ1n) is 18.4. The Bertz CT molecular complexity index is 991. The highest BCUT2D eigenvalue weighted by molar-refractivity contribution is 6.59. The molecule has 8 aliphatic rings. The highest BCUT2D eigenvalue weighted by Crippen LogP contribution is 2.67. The topological polar surface area (TPSA) is 36.9 Å². The summed E-state index contributed by atoms with van der Waals surface area (Å²) in [5, 5.41) is -0.0165. The van der Waals surface area contributed by atoms with Gasteiger partial charge < -0.3 is 18.6 Å². The van der Waals surface area contributed by atoms with Crippen molar-refractivity contribution < 1.29 is 18.6 Å². The van der Waals surface area contributed by atoms with Crippen molar-refractivity contribution in [3.05, 3.63) is 25.3 Å². The van der Waals surface area contributed by atoms with Gasteiger partial charge in [0.25, 0.3) is 0 Å². The first-order chi connectivity index (χ1) is 20.9. The van der Waals surface area contributed by atoms with E-state index in [1.54, 1.807) is 0 Å². The third-order valence-corrected chi connectivity index (χ3v) is 13.9. The van der Waals surface area contributed by atoms with Crippen LogP contribution in [0.3, 0.4) is 0 Å². The standard InChI is InChI=1S/C19H32BClO2.C18H31BO2/c1-5-6-7-8-9-10-11-17(21)20-22-16-13-14-12-15(18(14,2)3)19(16,4)23-20;1-5-6-7-8-9-10-11-19-20-16-13-14-12-15(17(14,2)3)18(16,4)21-19/h5,14-17H,1,6-13H2,2-4H3;5,14-16H,1,6-13H2,2-4H3/t14?,15?,16?,17-,19?;/m0./s1. The van der Waals surface area contributed by atoms with E-state index in [-0.39, 0.29) is 36.8 Å². The molecule has 0 aromatic carbocycles. The molecule has 2 aliphatic heterocycles. The maximum atomic E-state index is 6.62. The summed E-state index contributed by atoms with van der Waals surface area (Å²) in [4.78, 5) is 0. The summed E-state index contributed by atoms with van der Waals surface area (Å²) in [7, 11) is -0.162. The number of allylic oxidation sites excluding steroid dienone is 2. The van der Waals surface area contributed by atoms with Crippen molar-refractivity contribution in [1.82, 2.24) is 0 Å². The van der Waals surface area contributed by atoms with E-state index >= 15 is 0 Å². The highest BCUT2D eigenvalue weighted by atomic mass is 35.5. The van der Waals surface area contributed by atoms with E-state index in [1.807, 2.05) is 12.2 Å². The molecular formula is C37H63B2ClO4. The predicted molar refractivity (Wildman–Crippen MR) is 186 cm³/mol. The molecule has 7 heteroatoms. The van der Waals surface area contributed by atoms with Crippen LogP contribution in [0.25, 0.3) is 0 Å². The first-order valence-corrected chi connectivity index (χ1v) is 18.8. The van der Waals surface area contributed by atoms with Crippen LogP contribution in [0.1, 0.15) is 138 Å². The minimum atomic E-state index is -0.213. The zero-order valence-corrected chi connectivity index (χ0v) is 29.8. The lowest BCUT2D eigenvalue weighted by Crippen LogP contribution is -2.65. The largest absolute Gasteiger partial charge is 0.476 e. The van der Waals surface area contributed by atoms with Crippen molar-refractivity contribution >= 4 is 25.8 Å². The molecule has 2 saturated heterocycles. The molecule has 0 amide bonds. The molecule has 0 spiro atoms. The Balaban J connectivity index is 0.000000175. The van der Waals surface area contributed by atoms with Crippen molar-refractivity contribution in [1.29, 1.82) is 0 Å². The summed E-state index contributed by atoms with van der Waals surface area (Å²) in [5.74, 6) is 2.95. The fourth-order valence-corrected chi connectivity index (χ4v) is 10.5. The number of rotatable bonds is 15. The Labute approximate surface area is 276 Å². The fourth-order valence-electron chi connectivity index (χ4n) is 10.2. The number of halogens is 1. The molecule has 6 saturated carbocycles. The Kier molecular flexibility index (Phi) is 11.2. The summed E-state index contributed by atoms with van der Waals surface area (Å²) >= 11 is 6.62. The van der Waals surface area contributed by atoms with Gasteiger partial charge in [-0.05, 0) is 112 Å². The lowest BCUT2D eigenvalue weighted by molar-refractivity contribution is -0.199. The average molecular weight is 629 g/mol. The third kappa shape index (κ3) is 6.69. The fraction of sp³-hybridized carbons (Fsp3) is 0.892. The maximum absolute atomic E-state index is 6.62. The normalized spacial score (nSPS) is 39.2. The Morgan fingerprint density at radius 3 is 1.73 bits per heavy atom. The molecule has 0 aromatic heterocycles. The van der Waals surface area contributed by atoms with Gasteiger partial charge in [0.05, 0.1) is 28.7 Å². The van der Waals surface area contributed by atoms with Crippen LogP contribution in [-0.4, -0.2) is 42.9 Å². The Hall–Kier alpha value is -0.260. The van der Waals surface area contributed by atoms with Crippen molar-refractivity contribution in [2.75, 3.05) is 0 Å². The summed E-state index contributed by atoms with van der Waals surface area (Å²) in [6, 6.07) is 0. The minimum absolute atomic E-state index is 0.0165. The molecule has 4 nitrogen and oxygen atoms in total. The van der Waals surface area contributed by atoms with Crippen LogP contribution in [0.4, 0.5) is 0 Å². The minimum Gasteiger partial charge on any atom is -0.405 e. The molecule has 8 unspecified atom stereocenters. The molecule has 4 bridgehead atoms. The molecular weight excluding hydrogens is 565 g/mol. The maximum Gasteiger partial charge on any atom is 0.476 e. The van der Waals surface area contributed by atoms with Gasteiger partial charge in [-0.2, -0.15) is 0 Å². The summed E-state index contributed by atoms with van der Waals surface area (Å²) in [6.45, 7) is 21.7.